The number of amides is 2. The van der Waals surface area contributed by atoms with Crippen molar-refractivity contribution in [1.29, 1.82) is 0 Å². The number of pyridine rings is 1. The molecule has 0 saturated carbocycles. The van der Waals surface area contributed by atoms with Gasteiger partial charge in [0.1, 0.15) is 12.4 Å². The second-order valence-corrected chi connectivity index (χ2v) is 3.65. The van der Waals surface area contributed by atoms with Crippen molar-refractivity contribution in [2.24, 2.45) is 0 Å². The Morgan fingerprint density at radius 1 is 1.38 bits per heavy atom. The average molecular weight is 293 g/mol. The third-order valence-electron chi connectivity index (χ3n) is 2.18. The van der Waals surface area contributed by atoms with Gasteiger partial charge in [-0.3, -0.25) is 5.32 Å². The minimum atomic E-state index is -0.601. The standard InChI is InChI=1S/C13H15N3O5/c1-3-11(17)21-8-7-14-13(19)16-10-6-4-5-9(15-10)12(18)20-2/h3-6H,1,7-8H2,2H3,(H2,14,15,16,19). The number of aromatic nitrogens is 1. The van der Waals surface area contributed by atoms with Crippen LogP contribution >= 0.6 is 0 Å². The lowest BCUT2D eigenvalue weighted by molar-refractivity contribution is -0.137. The van der Waals surface area contributed by atoms with Crippen molar-refractivity contribution < 1.29 is 23.9 Å². The molecule has 8 heteroatoms. The van der Waals surface area contributed by atoms with E-state index >= 15 is 0 Å². The summed E-state index contributed by atoms with van der Waals surface area (Å²) in [6, 6.07) is 3.99. The molecular formula is C13H15N3O5. The predicted octanol–water partition coefficient (Wildman–Crippen LogP) is 0.719. The van der Waals surface area contributed by atoms with E-state index in [-0.39, 0.29) is 24.7 Å². The highest BCUT2D eigenvalue weighted by Gasteiger charge is 2.09. The summed E-state index contributed by atoms with van der Waals surface area (Å²) in [4.78, 5) is 37.5. The van der Waals surface area contributed by atoms with Crippen LogP contribution in [0.1, 0.15) is 10.5 Å². The quantitative estimate of drug-likeness (QED) is 0.454. The molecule has 2 amide bonds. The fourth-order valence-corrected chi connectivity index (χ4v) is 1.26. The van der Waals surface area contributed by atoms with E-state index in [0.717, 1.165) is 6.08 Å². The van der Waals surface area contributed by atoms with Crippen LogP contribution in [-0.4, -0.2) is 43.2 Å². The maximum atomic E-state index is 11.5. The number of hydrogen-bond acceptors (Lipinski definition) is 6. The number of ether oxygens (including phenoxy) is 2. The Hall–Kier alpha value is -2.90. The molecule has 0 atom stereocenters. The zero-order valence-electron chi connectivity index (χ0n) is 11.4. The number of hydrogen-bond donors (Lipinski definition) is 2. The van der Waals surface area contributed by atoms with Crippen molar-refractivity contribution in [2.75, 3.05) is 25.6 Å². The molecular weight excluding hydrogens is 278 g/mol. The first-order valence-corrected chi connectivity index (χ1v) is 5.96. The van der Waals surface area contributed by atoms with Gasteiger partial charge in [-0.25, -0.2) is 19.4 Å². The average Bonchev–Trinajstić information content (AvgIpc) is 2.50. The number of rotatable bonds is 6. The Morgan fingerprint density at radius 3 is 2.81 bits per heavy atom. The number of urea groups is 1. The SMILES string of the molecule is C=CC(=O)OCCNC(=O)Nc1cccc(C(=O)OC)n1. The second kappa shape index (κ2) is 8.31. The van der Waals surface area contributed by atoms with Crippen LogP contribution in [0.15, 0.2) is 30.9 Å². The zero-order valence-corrected chi connectivity index (χ0v) is 11.4. The molecule has 112 valence electrons. The Balaban J connectivity index is 2.42. The summed E-state index contributed by atoms with van der Waals surface area (Å²) in [6.45, 7) is 3.39. The molecule has 1 aromatic rings. The number of methoxy groups -OCH3 is 1. The summed E-state index contributed by atoms with van der Waals surface area (Å²) in [6.07, 6.45) is 1.03. The first-order valence-electron chi connectivity index (χ1n) is 5.96. The Labute approximate surface area is 121 Å². The number of anilines is 1. The summed E-state index contributed by atoms with van der Waals surface area (Å²) >= 11 is 0. The van der Waals surface area contributed by atoms with E-state index in [1.54, 1.807) is 6.07 Å². The molecule has 0 spiro atoms. The van der Waals surface area contributed by atoms with Crippen molar-refractivity contribution >= 4 is 23.8 Å². The molecule has 1 heterocycles. The lowest BCUT2D eigenvalue weighted by Crippen LogP contribution is -2.32. The van der Waals surface area contributed by atoms with Gasteiger partial charge in [0.15, 0.2) is 5.69 Å². The molecule has 8 nitrogen and oxygen atoms in total. The lowest BCUT2D eigenvalue weighted by atomic mass is 10.3. The maximum Gasteiger partial charge on any atom is 0.356 e. The molecule has 0 aliphatic heterocycles. The van der Waals surface area contributed by atoms with E-state index in [2.05, 4.69) is 31.7 Å². The van der Waals surface area contributed by atoms with Gasteiger partial charge in [0.2, 0.25) is 0 Å². The van der Waals surface area contributed by atoms with Crippen molar-refractivity contribution in [3.8, 4) is 0 Å². The molecule has 21 heavy (non-hydrogen) atoms. The largest absolute Gasteiger partial charge is 0.464 e. The van der Waals surface area contributed by atoms with Crippen molar-refractivity contribution in [1.82, 2.24) is 10.3 Å². The van der Waals surface area contributed by atoms with Gasteiger partial charge in [-0.2, -0.15) is 0 Å². The molecule has 0 aliphatic carbocycles. The molecule has 0 aliphatic rings. The number of nitrogens with zero attached hydrogens (tertiary/aromatic N) is 1. The van der Waals surface area contributed by atoms with Crippen LogP contribution in [-0.2, 0) is 14.3 Å². The van der Waals surface area contributed by atoms with Gasteiger partial charge in [-0.15, -0.1) is 0 Å². The highest BCUT2D eigenvalue weighted by Crippen LogP contribution is 2.05. The van der Waals surface area contributed by atoms with Crippen molar-refractivity contribution in [2.45, 2.75) is 0 Å². The van der Waals surface area contributed by atoms with Gasteiger partial charge >= 0.3 is 18.0 Å². The van der Waals surface area contributed by atoms with Gasteiger partial charge in [-0.1, -0.05) is 12.6 Å². The smallest absolute Gasteiger partial charge is 0.356 e. The van der Waals surface area contributed by atoms with Gasteiger partial charge in [0, 0.05) is 6.08 Å². The molecule has 2 N–H and O–H groups in total. The van der Waals surface area contributed by atoms with Crippen molar-refractivity contribution in [3.05, 3.63) is 36.5 Å². The summed E-state index contributed by atoms with van der Waals surface area (Å²) in [5, 5.41) is 4.89. The molecule has 1 rings (SSSR count). The number of esters is 2. The summed E-state index contributed by atoms with van der Waals surface area (Å²) in [5.41, 5.74) is 0.0789. The van der Waals surface area contributed by atoms with Crippen LogP contribution in [0.25, 0.3) is 0 Å². The van der Waals surface area contributed by atoms with E-state index in [9.17, 15) is 14.4 Å². The Morgan fingerprint density at radius 2 is 2.14 bits per heavy atom. The minimum Gasteiger partial charge on any atom is -0.464 e. The predicted molar refractivity (Wildman–Crippen MR) is 73.8 cm³/mol. The summed E-state index contributed by atoms with van der Waals surface area (Å²) in [7, 11) is 1.24. The third-order valence-corrected chi connectivity index (χ3v) is 2.18. The first-order chi connectivity index (χ1) is 10.1. The van der Waals surface area contributed by atoms with Crippen LogP contribution in [0.3, 0.4) is 0 Å². The van der Waals surface area contributed by atoms with E-state index in [1.807, 2.05) is 0 Å². The molecule has 0 saturated heterocycles. The lowest BCUT2D eigenvalue weighted by Gasteiger charge is -2.07. The topological polar surface area (TPSA) is 107 Å². The highest BCUT2D eigenvalue weighted by atomic mass is 16.5. The van der Waals surface area contributed by atoms with Crippen LogP contribution in [0.2, 0.25) is 0 Å². The number of nitrogens with one attached hydrogen (secondary N) is 2. The number of carbonyl (C=O) groups excluding carboxylic acids is 3. The molecule has 0 unspecified atom stereocenters. The van der Waals surface area contributed by atoms with E-state index in [4.69, 9.17) is 0 Å². The van der Waals surface area contributed by atoms with Crippen LogP contribution in [0.5, 0.6) is 0 Å². The zero-order chi connectivity index (χ0) is 15.7. The maximum absolute atomic E-state index is 11.5. The fraction of sp³-hybridized carbons (Fsp3) is 0.231. The normalized spacial score (nSPS) is 9.38. The van der Waals surface area contributed by atoms with Crippen LogP contribution in [0.4, 0.5) is 10.6 Å². The molecule has 0 radical (unpaired) electrons. The Kier molecular flexibility index (Phi) is 6.39. The van der Waals surface area contributed by atoms with Gasteiger partial charge in [-0.05, 0) is 12.1 Å². The highest BCUT2D eigenvalue weighted by molar-refractivity contribution is 5.90. The first kappa shape index (κ1) is 16.2. The fourth-order valence-electron chi connectivity index (χ4n) is 1.26. The molecule has 0 bridgehead atoms. The van der Waals surface area contributed by atoms with Crippen molar-refractivity contribution in [3.63, 3.8) is 0 Å². The number of carbonyl (C=O) groups is 3. The van der Waals surface area contributed by atoms with Gasteiger partial charge in [0.25, 0.3) is 0 Å². The van der Waals surface area contributed by atoms with Gasteiger partial charge < -0.3 is 14.8 Å². The second-order valence-electron chi connectivity index (χ2n) is 3.65. The minimum absolute atomic E-state index is 0.0217. The van der Waals surface area contributed by atoms with E-state index < -0.39 is 18.0 Å². The molecule has 1 aromatic heterocycles. The van der Waals surface area contributed by atoms with Crippen LogP contribution < -0.4 is 10.6 Å². The summed E-state index contributed by atoms with van der Waals surface area (Å²) in [5.74, 6) is -0.974. The molecule has 0 fully saturated rings. The van der Waals surface area contributed by atoms with Gasteiger partial charge in [0.05, 0.1) is 13.7 Å². The summed E-state index contributed by atoms with van der Waals surface area (Å²) < 4.78 is 9.20. The third kappa shape index (κ3) is 5.72. The van der Waals surface area contributed by atoms with E-state index in [1.165, 1.54) is 19.2 Å². The Bertz CT molecular complexity index is 544. The van der Waals surface area contributed by atoms with E-state index in [0.29, 0.717) is 0 Å². The molecule has 0 aromatic carbocycles. The monoisotopic (exact) mass is 293 g/mol. The van der Waals surface area contributed by atoms with Crippen LogP contribution in [0, 0.1) is 0 Å².